The lowest BCUT2D eigenvalue weighted by Gasteiger charge is -2.15. The first-order valence-electron chi connectivity index (χ1n) is 4.78. The van der Waals surface area contributed by atoms with Crippen LogP contribution < -0.4 is 4.74 Å². The molecule has 0 amide bonds. The van der Waals surface area contributed by atoms with E-state index in [1.165, 1.54) is 12.1 Å². The van der Waals surface area contributed by atoms with Crippen LogP contribution in [0.5, 0.6) is 5.75 Å². The average molecular weight is 217 g/mol. The van der Waals surface area contributed by atoms with Crippen molar-refractivity contribution >= 4 is 11.6 Å². The summed E-state index contributed by atoms with van der Waals surface area (Å²) in [4.78, 5) is 0. The summed E-state index contributed by atoms with van der Waals surface area (Å²) in [7, 11) is 0. The molecule has 0 aromatic heterocycles. The standard InChI is InChI=1S/C11H14ClFO/c1-3-10(4-2)14-11-6-8(12)5-9(13)7-11/h5-7,10H,3-4H2,1-2H3. The van der Waals surface area contributed by atoms with Crippen LogP contribution in [0.1, 0.15) is 26.7 Å². The Balaban J connectivity index is 2.75. The van der Waals surface area contributed by atoms with Gasteiger partial charge in [-0.3, -0.25) is 0 Å². The van der Waals surface area contributed by atoms with Crippen molar-refractivity contribution in [2.75, 3.05) is 0 Å². The maximum Gasteiger partial charge on any atom is 0.128 e. The van der Waals surface area contributed by atoms with Crippen LogP contribution in [-0.4, -0.2) is 6.10 Å². The van der Waals surface area contributed by atoms with Crippen LogP contribution in [0.2, 0.25) is 5.02 Å². The number of benzene rings is 1. The summed E-state index contributed by atoms with van der Waals surface area (Å²) in [5.41, 5.74) is 0. The molecule has 0 N–H and O–H groups in total. The zero-order chi connectivity index (χ0) is 10.6. The SMILES string of the molecule is CCC(CC)Oc1cc(F)cc(Cl)c1. The highest BCUT2D eigenvalue weighted by atomic mass is 35.5. The molecule has 1 nitrogen and oxygen atoms in total. The van der Waals surface area contributed by atoms with Crippen LogP contribution in [0.3, 0.4) is 0 Å². The summed E-state index contributed by atoms with van der Waals surface area (Å²) in [6.45, 7) is 4.07. The smallest absolute Gasteiger partial charge is 0.128 e. The van der Waals surface area contributed by atoms with Gasteiger partial charge in [0.05, 0.1) is 6.10 Å². The molecule has 0 fully saturated rings. The topological polar surface area (TPSA) is 9.23 Å². The minimum absolute atomic E-state index is 0.132. The van der Waals surface area contributed by atoms with E-state index < -0.39 is 0 Å². The second kappa shape index (κ2) is 5.20. The van der Waals surface area contributed by atoms with Gasteiger partial charge in [0.25, 0.3) is 0 Å². The second-order valence-electron chi connectivity index (χ2n) is 3.16. The van der Waals surface area contributed by atoms with Crippen LogP contribution in [0, 0.1) is 5.82 Å². The maximum atomic E-state index is 12.9. The lowest BCUT2D eigenvalue weighted by atomic mass is 10.2. The minimum atomic E-state index is -0.363. The van der Waals surface area contributed by atoms with E-state index in [2.05, 4.69) is 0 Å². The molecule has 1 aromatic carbocycles. The second-order valence-corrected chi connectivity index (χ2v) is 3.60. The molecular weight excluding hydrogens is 203 g/mol. The van der Waals surface area contributed by atoms with E-state index >= 15 is 0 Å². The molecule has 78 valence electrons. The van der Waals surface area contributed by atoms with Gasteiger partial charge in [0.1, 0.15) is 11.6 Å². The molecule has 0 spiro atoms. The first-order chi connectivity index (χ1) is 6.65. The highest BCUT2D eigenvalue weighted by Crippen LogP contribution is 2.22. The van der Waals surface area contributed by atoms with E-state index in [0.29, 0.717) is 10.8 Å². The van der Waals surface area contributed by atoms with Gasteiger partial charge in [-0.2, -0.15) is 0 Å². The monoisotopic (exact) mass is 216 g/mol. The van der Waals surface area contributed by atoms with Gasteiger partial charge in [0.15, 0.2) is 0 Å². The molecule has 0 aliphatic carbocycles. The van der Waals surface area contributed by atoms with Gasteiger partial charge in [-0.05, 0) is 25.0 Å². The normalized spacial score (nSPS) is 10.6. The number of hydrogen-bond donors (Lipinski definition) is 0. The summed E-state index contributed by atoms with van der Waals surface area (Å²) in [5.74, 6) is 0.141. The Labute approximate surface area is 88.8 Å². The molecule has 0 unspecified atom stereocenters. The third-order valence-electron chi connectivity index (χ3n) is 2.05. The molecule has 0 atom stereocenters. The fourth-order valence-corrected chi connectivity index (χ4v) is 1.46. The van der Waals surface area contributed by atoms with E-state index in [9.17, 15) is 4.39 Å². The Morgan fingerprint density at radius 2 is 1.93 bits per heavy atom. The largest absolute Gasteiger partial charge is 0.490 e. The number of ether oxygens (including phenoxy) is 1. The fraction of sp³-hybridized carbons (Fsp3) is 0.455. The molecule has 0 bridgehead atoms. The summed E-state index contributed by atoms with van der Waals surface area (Å²) < 4.78 is 18.5. The van der Waals surface area contributed by atoms with Crippen LogP contribution in [0.15, 0.2) is 18.2 Å². The van der Waals surface area contributed by atoms with Gasteiger partial charge in [-0.1, -0.05) is 25.4 Å². The van der Waals surface area contributed by atoms with E-state index in [1.807, 2.05) is 13.8 Å². The molecule has 0 radical (unpaired) electrons. The summed E-state index contributed by atoms with van der Waals surface area (Å²) in [5, 5.41) is 0.367. The van der Waals surface area contributed by atoms with Gasteiger partial charge in [0.2, 0.25) is 0 Å². The first-order valence-corrected chi connectivity index (χ1v) is 5.16. The molecule has 0 aliphatic rings. The molecule has 14 heavy (non-hydrogen) atoms. The van der Waals surface area contributed by atoms with Crippen molar-refractivity contribution < 1.29 is 9.13 Å². The third-order valence-corrected chi connectivity index (χ3v) is 2.27. The van der Waals surface area contributed by atoms with E-state index in [1.54, 1.807) is 6.07 Å². The third kappa shape index (κ3) is 3.18. The zero-order valence-corrected chi connectivity index (χ0v) is 9.14. The van der Waals surface area contributed by atoms with Gasteiger partial charge in [0, 0.05) is 11.1 Å². The lowest BCUT2D eigenvalue weighted by Crippen LogP contribution is -2.13. The van der Waals surface area contributed by atoms with Gasteiger partial charge in [-0.15, -0.1) is 0 Å². The van der Waals surface area contributed by atoms with Crippen LogP contribution >= 0.6 is 11.6 Å². The summed E-state index contributed by atoms with van der Waals surface area (Å²) in [6.07, 6.45) is 1.95. The van der Waals surface area contributed by atoms with Gasteiger partial charge in [-0.25, -0.2) is 4.39 Å². The predicted molar refractivity (Wildman–Crippen MR) is 56.4 cm³/mol. The van der Waals surface area contributed by atoms with Crippen LogP contribution in [0.4, 0.5) is 4.39 Å². The molecule has 1 aromatic rings. The predicted octanol–water partition coefficient (Wildman–Crippen LogP) is 4.05. The Morgan fingerprint density at radius 3 is 2.43 bits per heavy atom. The van der Waals surface area contributed by atoms with Crippen molar-refractivity contribution in [1.82, 2.24) is 0 Å². The lowest BCUT2D eigenvalue weighted by molar-refractivity contribution is 0.192. The van der Waals surface area contributed by atoms with Crippen molar-refractivity contribution in [2.45, 2.75) is 32.8 Å². The quantitative estimate of drug-likeness (QED) is 0.738. The van der Waals surface area contributed by atoms with Gasteiger partial charge < -0.3 is 4.74 Å². The highest BCUT2D eigenvalue weighted by Gasteiger charge is 2.06. The van der Waals surface area contributed by atoms with Crippen LogP contribution in [0.25, 0.3) is 0 Å². The average Bonchev–Trinajstić information content (AvgIpc) is 2.12. The zero-order valence-electron chi connectivity index (χ0n) is 8.39. The highest BCUT2D eigenvalue weighted by molar-refractivity contribution is 6.30. The Hall–Kier alpha value is -0.760. The minimum Gasteiger partial charge on any atom is -0.490 e. The molecule has 1 rings (SSSR count). The van der Waals surface area contributed by atoms with E-state index in [-0.39, 0.29) is 11.9 Å². The maximum absolute atomic E-state index is 12.9. The molecule has 0 heterocycles. The number of hydrogen-bond acceptors (Lipinski definition) is 1. The Kier molecular flexibility index (Phi) is 4.21. The van der Waals surface area contributed by atoms with Crippen molar-refractivity contribution in [3.05, 3.63) is 29.0 Å². The van der Waals surface area contributed by atoms with Crippen molar-refractivity contribution in [3.8, 4) is 5.75 Å². The molecule has 3 heteroatoms. The molecule has 0 saturated heterocycles. The van der Waals surface area contributed by atoms with Crippen molar-refractivity contribution in [3.63, 3.8) is 0 Å². The van der Waals surface area contributed by atoms with Gasteiger partial charge >= 0.3 is 0 Å². The Bertz CT molecular complexity index is 277. The molecule has 0 saturated carbocycles. The summed E-state index contributed by atoms with van der Waals surface area (Å²) in [6, 6.07) is 4.24. The number of halogens is 2. The Morgan fingerprint density at radius 1 is 1.29 bits per heavy atom. The molecule has 0 aliphatic heterocycles. The van der Waals surface area contributed by atoms with E-state index in [0.717, 1.165) is 12.8 Å². The summed E-state index contributed by atoms with van der Waals surface area (Å²) >= 11 is 5.70. The number of rotatable bonds is 4. The first kappa shape index (κ1) is 11.3. The van der Waals surface area contributed by atoms with E-state index in [4.69, 9.17) is 16.3 Å². The fourth-order valence-electron chi connectivity index (χ4n) is 1.24. The van der Waals surface area contributed by atoms with Crippen molar-refractivity contribution in [2.24, 2.45) is 0 Å². The molecular formula is C11H14ClFO. The van der Waals surface area contributed by atoms with Crippen LogP contribution in [-0.2, 0) is 0 Å². The van der Waals surface area contributed by atoms with Crippen molar-refractivity contribution in [1.29, 1.82) is 0 Å².